The van der Waals surface area contributed by atoms with Crippen molar-refractivity contribution in [3.63, 3.8) is 0 Å². The number of nitrogens with zero attached hydrogens (tertiary/aromatic N) is 3. The number of aromatic nitrogens is 2. The summed E-state index contributed by atoms with van der Waals surface area (Å²) in [6.07, 6.45) is 3.24. The van der Waals surface area contributed by atoms with Gasteiger partial charge >= 0.3 is 0 Å². The van der Waals surface area contributed by atoms with Crippen LogP contribution in [-0.4, -0.2) is 59.1 Å². The van der Waals surface area contributed by atoms with Crippen molar-refractivity contribution in [3.05, 3.63) is 65.9 Å². The molecule has 5 heteroatoms. The Hall–Kier alpha value is -2.66. The Morgan fingerprint density at radius 1 is 1.18 bits per heavy atom. The third-order valence-corrected chi connectivity index (χ3v) is 5.67. The predicted octanol–water partition coefficient (Wildman–Crippen LogP) is 3.59. The maximum Gasteiger partial charge on any atom is 0.275 e. The Morgan fingerprint density at radius 3 is 2.79 bits per heavy atom. The van der Waals surface area contributed by atoms with E-state index in [0.29, 0.717) is 18.2 Å². The van der Waals surface area contributed by atoms with Crippen LogP contribution in [0.25, 0.3) is 10.9 Å². The van der Waals surface area contributed by atoms with Crippen molar-refractivity contribution >= 4 is 16.8 Å². The molecule has 1 unspecified atom stereocenters. The number of fused-ring (bicyclic) bond motifs is 1. The first-order chi connectivity index (χ1) is 13.7. The summed E-state index contributed by atoms with van der Waals surface area (Å²) in [6.45, 7) is 3.70. The zero-order valence-electron chi connectivity index (χ0n) is 16.5. The van der Waals surface area contributed by atoms with Gasteiger partial charge in [0.2, 0.25) is 0 Å². The molecule has 2 heterocycles. The molecule has 0 radical (unpaired) electrons. The van der Waals surface area contributed by atoms with Crippen LogP contribution in [-0.2, 0) is 6.42 Å². The fourth-order valence-corrected chi connectivity index (χ4v) is 4.19. The van der Waals surface area contributed by atoms with Crippen LogP contribution in [0, 0.1) is 5.92 Å². The minimum Gasteiger partial charge on any atom is -0.337 e. The molecule has 0 aliphatic carbocycles. The van der Waals surface area contributed by atoms with Crippen LogP contribution in [0.15, 0.2) is 54.6 Å². The number of H-pyrrole nitrogens is 1. The summed E-state index contributed by atoms with van der Waals surface area (Å²) in [6, 6.07) is 18.2. The fourth-order valence-electron chi connectivity index (χ4n) is 4.19. The molecular weight excluding hydrogens is 348 g/mol. The van der Waals surface area contributed by atoms with E-state index in [9.17, 15) is 4.79 Å². The van der Waals surface area contributed by atoms with Gasteiger partial charge in [-0.2, -0.15) is 5.10 Å². The van der Waals surface area contributed by atoms with Crippen molar-refractivity contribution < 1.29 is 4.79 Å². The van der Waals surface area contributed by atoms with Gasteiger partial charge in [-0.1, -0.05) is 48.5 Å². The fraction of sp³-hybridized carbons (Fsp3) is 0.391. The zero-order valence-corrected chi connectivity index (χ0v) is 16.5. The molecule has 1 atom stereocenters. The maximum atomic E-state index is 13.4. The van der Waals surface area contributed by atoms with Crippen LogP contribution >= 0.6 is 0 Å². The van der Waals surface area contributed by atoms with E-state index >= 15 is 0 Å². The summed E-state index contributed by atoms with van der Waals surface area (Å²) in [5.41, 5.74) is 2.70. The van der Waals surface area contributed by atoms with Gasteiger partial charge < -0.3 is 9.80 Å². The van der Waals surface area contributed by atoms with E-state index in [1.54, 1.807) is 0 Å². The van der Waals surface area contributed by atoms with Crippen molar-refractivity contribution in [1.82, 2.24) is 20.0 Å². The van der Waals surface area contributed by atoms with Crippen molar-refractivity contribution in [1.29, 1.82) is 0 Å². The Balaban J connectivity index is 1.55. The maximum absolute atomic E-state index is 13.4. The van der Waals surface area contributed by atoms with Crippen LogP contribution in [0.3, 0.4) is 0 Å². The van der Waals surface area contributed by atoms with Crippen molar-refractivity contribution in [2.45, 2.75) is 19.3 Å². The predicted molar refractivity (Wildman–Crippen MR) is 112 cm³/mol. The molecule has 1 amide bonds. The Labute approximate surface area is 166 Å². The summed E-state index contributed by atoms with van der Waals surface area (Å²) in [4.78, 5) is 17.8. The number of likely N-dealkylation sites (tertiary alicyclic amines) is 1. The molecule has 146 valence electrons. The summed E-state index contributed by atoms with van der Waals surface area (Å²) < 4.78 is 0. The molecular formula is C23H28N4O. The molecule has 2 aromatic carbocycles. The first-order valence-corrected chi connectivity index (χ1v) is 10.2. The number of carbonyl (C=O) groups excluding carboxylic acids is 1. The molecule has 1 N–H and O–H groups in total. The number of hydrogen-bond acceptors (Lipinski definition) is 3. The van der Waals surface area contributed by atoms with Gasteiger partial charge in [-0.05, 0) is 50.4 Å². The van der Waals surface area contributed by atoms with Crippen LogP contribution in [0.1, 0.15) is 28.9 Å². The lowest BCUT2D eigenvalue weighted by atomic mass is 9.97. The number of hydrogen-bond donors (Lipinski definition) is 1. The van der Waals surface area contributed by atoms with E-state index in [1.165, 1.54) is 18.4 Å². The Kier molecular flexibility index (Phi) is 5.72. The Bertz CT molecular complexity index is 921. The highest BCUT2D eigenvalue weighted by molar-refractivity contribution is 6.04. The van der Waals surface area contributed by atoms with Crippen molar-refractivity contribution in [3.8, 4) is 0 Å². The van der Waals surface area contributed by atoms with Gasteiger partial charge in [0.25, 0.3) is 5.91 Å². The van der Waals surface area contributed by atoms with E-state index in [-0.39, 0.29) is 5.91 Å². The van der Waals surface area contributed by atoms with Gasteiger partial charge in [-0.25, -0.2) is 0 Å². The summed E-state index contributed by atoms with van der Waals surface area (Å²) >= 11 is 0. The molecule has 1 aromatic heterocycles. The number of piperidine rings is 1. The summed E-state index contributed by atoms with van der Waals surface area (Å²) in [5, 5.41) is 8.26. The first-order valence-electron chi connectivity index (χ1n) is 10.2. The largest absolute Gasteiger partial charge is 0.337 e. The summed E-state index contributed by atoms with van der Waals surface area (Å²) in [5.74, 6) is 0.547. The third-order valence-electron chi connectivity index (χ3n) is 5.67. The molecule has 4 rings (SSSR count). The molecule has 5 nitrogen and oxygen atoms in total. The standard InChI is InChI=1S/C23H28N4O/c1-26-14-7-10-19(16-26)17-27(15-13-18-8-3-2-4-9-18)23(28)22-20-11-5-6-12-21(20)24-25-22/h2-6,8-9,11-12,19H,7,10,13-17H2,1H3,(H,24,25). The second-order valence-corrected chi connectivity index (χ2v) is 7.88. The molecule has 3 aromatic rings. The lowest BCUT2D eigenvalue weighted by molar-refractivity contribution is 0.0689. The van der Waals surface area contributed by atoms with Gasteiger partial charge in [0.1, 0.15) is 0 Å². The van der Waals surface area contributed by atoms with E-state index in [4.69, 9.17) is 0 Å². The highest BCUT2D eigenvalue weighted by atomic mass is 16.2. The average molecular weight is 377 g/mol. The zero-order chi connectivity index (χ0) is 19.3. The van der Waals surface area contributed by atoms with Gasteiger partial charge in [-0.3, -0.25) is 9.89 Å². The van der Waals surface area contributed by atoms with Crippen LogP contribution in [0.5, 0.6) is 0 Å². The number of amides is 1. The summed E-state index contributed by atoms with van der Waals surface area (Å²) in [7, 11) is 2.17. The number of rotatable bonds is 6. The number of aromatic amines is 1. The molecule has 1 aliphatic rings. The normalized spacial score (nSPS) is 17.7. The van der Waals surface area contributed by atoms with Crippen molar-refractivity contribution in [2.24, 2.45) is 5.92 Å². The number of benzene rings is 2. The topological polar surface area (TPSA) is 52.2 Å². The molecule has 0 bridgehead atoms. The molecule has 0 spiro atoms. The van der Waals surface area contributed by atoms with E-state index in [2.05, 4.69) is 46.4 Å². The second-order valence-electron chi connectivity index (χ2n) is 7.88. The highest BCUT2D eigenvalue weighted by Crippen LogP contribution is 2.21. The van der Waals surface area contributed by atoms with Gasteiger partial charge in [-0.15, -0.1) is 0 Å². The highest BCUT2D eigenvalue weighted by Gasteiger charge is 2.26. The van der Waals surface area contributed by atoms with Crippen LogP contribution in [0.2, 0.25) is 0 Å². The molecule has 1 saturated heterocycles. The van der Waals surface area contributed by atoms with Crippen LogP contribution in [0.4, 0.5) is 0 Å². The van der Waals surface area contributed by atoms with Gasteiger partial charge in [0, 0.05) is 25.0 Å². The molecule has 0 saturated carbocycles. The Morgan fingerprint density at radius 2 is 1.96 bits per heavy atom. The van der Waals surface area contributed by atoms with Crippen molar-refractivity contribution in [2.75, 3.05) is 33.2 Å². The number of para-hydroxylation sites is 1. The minimum atomic E-state index is 0.0293. The monoisotopic (exact) mass is 376 g/mol. The molecule has 1 aliphatic heterocycles. The molecule has 28 heavy (non-hydrogen) atoms. The van der Waals surface area contributed by atoms with E-state index < -0.39 is 0 Å². The lowest BCUT2D eigenvalue weighted by Crippen LogP contribution is -2.42. The second kappa shape index (κ2) is 8.57. The first kappa shape index (κ1) is 18.7. The third kappa shape index (κ3) is 4.25. The van der Waals surface area contributed by atoms with Crippen LogP contribution < -0.4 is 0 Å². The SMILES string of the molecule is CN1CCCC(CN(CCc2ccccc2)C(=O)c2n[nH]c3ccccc23)C1. The lowest BCUT2D eigenvalue weighted by Gasteiger charge is -2.33. The number of carbonyl (C=O) groups is 1. The smallest absolute Gasteiger partial charge is 0.275 e. The quantitative estimate of drug-likeness (QED) is 0.715. The number of nitrogens with one attached hydrogen (secondary N) is 1. The van der Waals surface area contributed by atoms with Gasteiger partial charge in [0.05, 0.1) is 5.52 Å². The van der Waals surface area contributed by atoms with E-state index in [1.807, 2.05) is 35.2 Å². The van der Waals surface area contributed by atoms with E-state index in [0.717, 1.165) is 37.0 Å². The molecule has 1 fully saturated rings. The average Bonchev–Trinajstić information content (AvgIpc) is 3.15. The van der Waals surface area contributed by atoms with Gasteiger partial charge in [0.15, 0.2) is 5.69 Å². The minimum absolute atomic E-state index is 0.0293.